The van der Waals surface area contributed by atoms with E-state index in [2.05, 4.69) is 4.72 Å². The number of hydrogen-bond acceptors (Lipinski definition) is 3. The third-order valence-corrected chi connectivity index (χ3v) is 5.04. The van der Waals surface area contributed by atoms with E-state index < -0.39 is 20.7 Å². The summed E-state index contributed by atoms with van der Waals surface area (Å²) in [6, 6.07) is 3.82. The van der Waals surface area contributed by atoms with Crippen molar-refractivity contribution >= 4 is 15.7 Å². The highest BCUT2D eigenvalue weighted by Crippen LogP contribution is 2.27. The van der Waals surface area contributed by atoms with Crippen molar-refractivity contribution < 1.29 is 12.8 Å². The second-order valence-electron chi connectivity index (χ2n) is 5.63. The number of nitrogen functional groups attached to an aromatic ring is 1. The first-order valence-corrected chi connectivity index (χ1v) is 7.60. The quantitative estimate of drug-likeness (QED) is 0.817. The van der Waals surface area contributed by atoms with Crippen molar-refractivity contribution in [1.82, 2.24) is 4.72 Å². The summed E-state index contributed by atoms with van der Waals surface area (Å²) < 4.78 is 40.3. The molecule has 0 aromatic heterocycles. The Morgan fingerprint density at radius 2 is 1.95 bits per heavy atom. The van der Waals surface area contributed by atoms with Gasteiger partial charge in [-0.1, -0.05) is 33.8 Å². The van der Waals surface area contributed by atoms with E-state index in [1.807, 2.05) is 27.7 Å². The van der Waals surface area contributed by atoms with Gasteiger partial charge in [0.25, 0.3) is 0 Å². The summed E-state index contributed by atoms with van der Waals surface area (Å²) in [4.78, 5) is -0.477. The molecule has 0 atom stereocenters. The summed E-state index contributed by atoms with van der Waals surface area (Å²) in [7, 11) is -3.94. The number of nitrogens with one attached hydrogen (secondary N) is 1. The maximum Gasteiger partial charge on any atom is 0.245 e. The standard InChI is InChI=1S/C13H21FN2O2S/c1-9(2)13(3,4)8-16-19(17,18)12-10(14)6-5-7-11(12)15/h5-7,9,16H,8,15H2,1-4H3. The van der Waals surface area contributed by atoms with Gasteiger partial charge < -0.3 is 5.73 Å². The van der Waals surface area contributed by atoms with E-state index in [0.717, 1.165) is 6.07 Å². The first-order chi connectivity index (χ1) is 8.58. The zero-order valence-electron chi connectivity index (χ0n) is 11.7. The van der Waals surface area contributed by atoms with E-state index in [-0.39, 0.29) is 23.6 Å². The van der Waals surface area contributed by atoms with Crippen LogP contribution in [-0.2, 0) is 10.0 Å². The van der Waals surface area contributed by atoms with Crippen molar-refractivity contribution in [1.29, 1.82) is 0 Å². The number of sulfonamides is 1. The molecule has 19 heavy (non-hydrogen) atoms. The van der Waals surface area contributed by atoms with Gasteiger partial charge in [0, 0.05) is 6.54 Å². The largest absolute Gasteiger partial charge is 0.398 e. The van der Waals surface area contributed by atoms with Crippen LogP contribution in [0.5, 0.6) is 0 Å². The summed E-state index contributed by atoms with van der Waals surface area (Å²) in [5, 5.41) is 0. The molecule has 108 valence electrons. The molecule has 0 fully saturated rings. The summed E-state index contributed by atoms with van der Waals surface area (Å²) in [6.45, 7) is 8.13. The van der Waals surface area contributed by atoms with Gasteiger partial charge in [-0.25, -0.2) is 17.5 Å². The molecule has 0 heterocycles. The minimum atomic E-state index is -3.94. The number of rotatable bonds is 5. The van der Waals surface area contributed by atoms with Crippen molar-refractivity contribution in [3.8, 4) is 0 Å². The highest BCUT2D eigenvalue weighted by atomic mass is 32.2. The van der Waals surface area contributed by atoms with Crippen LogP contribution in [-0.4, -0.2) is 15.0 Å². The number of halogens is 1. The molecule has 4 nitrogen and oxygen atoms in total. The van der Waals surface area contributed by atoms with Crippen LogP contribution in [0.3, 0.4) is 0 Å². The highest BCUT2D eigenvalue weighted by Gasteiger charge is 2.27. The molecular weight excluding hydrogens is 267 g/mol. The fourth-order valence-electron chi connectivity index (χ4n) is 1.37. The molecule has 1 aromatic carbocycles. The lowest BCUT2D eigenvalue weighted by Gasteiger charge is -2.29. The van der Waals surface area contributed by atoms with Gasteiger partial charge in [-0.2, -0.15) is 0 Å². The molecule has 1 aromatic rings. The van der Waals surface area contributed by atoms with Crippen molar-refractivity contribution in [2.75, 3.05) is 12.3 Å². The average molecular weight is 288 g/mol. The van der Waals surface area contributed by atoms with E-state index in [1.54, 1.807) is 0 Å². The second kappa shape index (κ2) is 5.46. The Kier molecular flexibility index (Phi) is 4.58. The molecule has 0 spiro atoms. The number of nitrogens with two attached hydrogens (primary N) is 1. The zero-order chi connectivity index (χ0) is 14.8. The Morgan fingerprint density at radius 3 is 2.42 bits per heavy atom. The summed E-state index contributed by atoms with van der Waals surface area (Å²) in [5.74, 6) is -0.553. The maximum atomic E-state index is 13.6. The van der Waals surface area contributed by atoms with Crippen LogP contribution in [0, 0.1) is 17.2 Å². The SMILES string of the molecule is CC(C)C(C)(C)CNS(=O)(=O)c1c(N)cccc1F. The highest BCUT2D eigenvalue weighted by molar-refractivity contribution is 7.89. The molecular formula is C13H21FN2O2S. The van der Waals surface area contributed by atoms with E-state index >= 15 is 0 Å². The van der Waals surface area contributed by atoms with Crippen LogP contribution < -0.4 is 10.5 Å². The second-order valence-corrected chi connectivity index (χ2v) is 7.33. The van der Waals surface area contributed by atoms with Crippen molar-refractivity contribution in [2.24, 2.45) is 11.3 Å². The number of benzene rings is 1. The van der Waals surface area contributed by atoms with Crippen LogP contribution >= 0.6 is 0 Å². The predicted molar refractivity (Wildman–Crippen MR) is 74.6 cm³/mol. The summed E-state index contributed by atoms with van der Waals surface area (Å²) in [5.41, 5.74) is 5.23. The molecule has 0 aliphatic rings. The van der Waals surface area contributed by atoms with Gasteiger partial charge in [0.05, 0.1) is 5.69 Å². The van der Waals surface area contributed by atoms with Crippen molar-refractivity contribution in [3.05, 3.63) is 24.0 Å². The van der Waals surface area contributed by atoms with Gasteiger partial charge in [0.2, 0.25) is 10.0 Å². The molecule has 0 amide bonds. The van der Waals surface area contributed by atoms with Crippen molar-refractivity contribution in [3.63, 3.8) is 0 Å². The normalized spacial score (nSPS) is 12.9. The van der Waals surface area contributed by atoms with Gasteiger partial charge >= 0.3 is 0 Å². The molecule has 0 bridgehead atoms. The first kappa shape index (κ1) is 15.9. The predicted octanol–water partition coefficient (Wildman–Crippen LogP) is 2.37. The molecule has 0 aliphatic carbocycles. The Hall–Kier alpha value is -1.14. The molecule has 0 aliphatic heterocycles. The first-order valence-electron chi connectivity index (χ1n) is 6.11. The minimum absolute atomic E-state index is 0.0881. The molecule has 1 rings (SSSR count). The monoisotopic (exact) mass is 288 g/mol. The third kappa shape index (κ3) is 3.67. The lowest BCUT2D eigenvalue weighted by atomic mass is 9.81. The van der Waals surface area contributed by atoms with E-state index in [0.29, 0.717) is 0 Å². The summed E-state index contributed by atoms with van der Waals surface area (Å²) >= 11 is 0. The fraction of sp³-hybridized carbons (Fsp3) is 0.538. The van der Waals surface area contributed by atoms with Gasteiger partial charge in [-0.3, -0.25) is 0 Å². The van der Waals surface area contributed by atoms with Gasteiger partial charge in [-0.15, -0.1) is 0 Å². The maximum absolute atomic E-state index is 13.6. The van der Waals surface area contributed by atoms with E-state index in [4.69, 9.17) is 5.73 Å². The van der Waals surface area contributed by atoms with Gasteiger partial charge in [0.15, 0.2) is 0 Å². The smallest absolute Gasteiger partial charge is 0.245 e. The van der Waals surface area contributed by atoms with Gasteiger partial charge in [-0.05, 0) is 23.5 Å². The van der Waals surface area contributed by atoms with Crippen LogP contribution in [0.4, 0.5) is 10.1 Å². The molecule has 0 unspecified atom stereocenters. The molecule has 0 radical (unpaired) electrons. The third-order valence-electron chi connectivity index (χ3n) is 3.55. The van der Waals surface area contributed by atoms with Crippen LogP contribution in [0.2, 0.25) is 0 Å². The Balaban J connectivity index is 3.01. The topological polar surface area (TPSA) is 72.2 Å². The van der Waals surface area contributed by atoms with E-state index in [1.165, 1.54) is 12.1 Å². The number of hydrogen-bond donors (Lipinski definition) is 2. The Labute approximate surface area is 114 Å². The minimum Gasteiger partial charge on any atom is -0.398 e. The van der Waals surface area contributed by atoms with Crippen LogP contribution in [0.25, 0.3) is 0 Å². The van der Waals surface area contributed by atoms with Crippen LogP contribution in [0.1, 0.15) is 27.7 Å². The van der Waals surface area contributed by atoms with Crippen LogP contribution in [0.15, 0.2) is 23.1 Å². The average Bonchev–Trinajstić information content (AvgIpc) is 2.26. The Bertz CT molecular complexity index is 534. The molecule has 0 saturated carbocycles. The fourth-order valence-corrected chi connectivity index (χ4v) is 2.78. The lowest BCUT2D eigenvalue weighted by molar-refractivity contribution is 0.252. The van der Waals surface area contributed by atoms with Crippen molar-refractivity contribution in [2.45, 2.75) is 32.6 Å². The molecule has 6 heteroatoms. The molecule has 3 N–H and O–H groups in total. The molecule has 0 saturated heterocycles. The van der Waals surface area contributed by atoms with Gasteiger partial charge in [0.1, 0.15) is 10.7 Å². The number of anilines is 1. The lowest BCUT2D eigenvalue weighted by Crippen LogP contribution is -2.37. The zero-order valence-corrected chi connectivity index (χ0v) is 12.5. The summed E-state index contributed by atoms with van der Waals surface area (Å²) in [6.07, 6.45) is 0. The van der Waals surface area contributed by atoms with E-state index in [9.17, 15) is 12.8 Å². The Morgan fingerprint density at radius 1 is 1.37 bits per heavy atom.